The van der Waals surface area contributed by atoms with Crippen LogP contribution in [-0.4, -0.2) is 54.1 Å². The average molecular weight is 353 g/mol. The van der Waals surface area contributed by atoms with E-state index in [1.807, 2.05) is 0 Å². The number of carbonyl (C=O) groups excluding carboxylic acids is 2. The van der Waals surface area contributed by atoms with Crippen LogP contribution in [0.4, 0.5) is 10.2 Å². The molecular weight excluding hydrogens is 333 g/mol. The van der Waals surface area contributed by atoms with Gasteiger partial charge in [0.15, 0.2) is 11.5 Å². The molecule has 1 atom stereocenters. The summed E-state index contributed by atoms with van der Waals surface area (Å²) in [6.45, 7) is 5.49. The fourth-order valence-corrected chi connectivity index (χ4v) is 1.91. The van der Waals surface area contributed by atoms with Crippen molar-refractivity contribution in [1.29, 1.82) is 0 Å². The normalized spacial score (nSPS) is 12.6. The van der Waals surface area contributed by atoms with Crippen molar-refractivity contribution in [2.45, 2.75) is 52.1 Å². The van der Waals surface area contributed by atoms with E-state index in [1.54, 1.807) is 20.8 Å². The van der Waals surface area contributed by atoms with E-state index in [4.69, 9.17) is 4.74 Å². The van der Waals surface area contributed by atoms with Crippen LogP contribution in [-0.2, 0) is 22.6 Å². The highest BCUT2D eigenvalue weighted by molar-refractivity contribution is 5.87. The van der Waals surface area contributed by atoms with Crippen molar-refractivity contribution < 1.29 is 18.7 Å². The minimum atomic E-state index is -1.21. The molecule has 11 heteroatoms. The second-order valence-corrected chi connectivity index (χ2v) is 6.34. The number of aryl methyl sites for hydroxylation is 1. The Morgan fingerprint density at radius 2 is 2.04 bits per heavy atom. The summed E-state index contributed by atoms with van der Waals surface area (Å²) >= 11 is 0. The van der Waals surface area contributed by atoms with Gasteiger partial charge in [0, 0.05) is 13.0 Å². The Balaban J connectivity index is 1.82. The molecule has 0 fully saturated rings. The zero-order valence-electron chi connectivity index (χ0n) is 14.2. The number of aromatic nitrogens is 6. The fraction of sp³-hybridized carbons (Fsp3) is 0.571. The largest absolute Gasteiger partial charge is 0.455 e. The van der Waals surface area contributed by atoms with Gasteiger partial charge in [0.05, 0.1) is 18.9 Å². The van der Waals surface area contributed by atoms with Crippen LogP contribution in [0.5, 0.6) is 0 Å². The number of rotatable bonds is 8. The lowest BCUT2D eigenvalue weighted by atomic mass is 10.2. The third-order valence-corrected chi connectivity index (χ3v) is 2.95. The first-order chi connectivity index (χ1) is 11.8. The molecule has 2 heterocycles. The van der Waals surface area contributed by atoms with E-state index >= 15 is 0 Å². The first kappa shape index (κ1) is 18.5. The monoisotopic (exact) mass is 353 g/mol. The molecule has 2 aromatic heterocycles. The Hall–Kier alpha value is -2.85. The lowest BCUT2D eigenvalue weighted by Crippen LogP contribution is -2.24. The quantitative estimate of drug-likeness (QED) is 0.551. The van der Waals surface area contributed by atoms with Gasteiger partial charge in [0.1, 0.15) is 11.8 Å². The van der Waals surface area contributed by atoms with Gasteiger partial charge < -0.3 is 10.1 Å². The van der Waals surface area contributed by atoms with Crippen molar-refractivity contribution >= 4 is 18.2 Å². The Morgan fingerprint density at radius 1 is 1.32 bits per heavy atom. The van der Waals surface area contributed by atoms with Gasteiger partial charge in [-0.3, -0.25) is 9.48 Å². The highest BCUT2D eigenvalue weighted by Gasteiger charge is 2.20. The number of hydrogen-bond acceptors (Lipinski definition) is 7. The third kappa shape index (κ3) is 5.94. The van der Waals surface area contributed by atoms with E-state index in [1.165, 1.54) is 21.8 Å². The van der Waals surface area contributed by atoms with E-state index in [0.717, 1.165) is 0 Å². The number of carbonyl (C=O) groups is 2. The SMILES string of the molecule is CC(C)(C)OC(=O)c1cn(CCC(F)Cn2cc(NC=O)nn2)nn1. The molecule has 1 N–H and O–H groups in total. The molecule has 1 unspecified atom stereocenters. The lowest BCUT2D eigenvalue weighted by Gasteiger charge is -2.18. The number of alkyl halides is 1. The van der Waals surface area contributed by atoms with Gasteiger partial charge in [0.2, 0.25) is 6.41 Å². The van der Waals surface area contributed by atoms with E-state index in [0.29, 0.717) is 6.41 Å². The molecule has 25 heavy (non-hydrogen) atoms. The molecule has 10 nitrogen and oxygen atoms in total. The number of esters is 1. The second kappa shape index (κ2) is 7.81. The van der Waals surface area contributed by atoms with Gasteiger partial charge in [-0.1, -0.05) is 10.4 Å². The maximum Gasteiger partial charge on any atom is 0.361 e. The molecule has 0 aromatic carbocycles. The van der Waals surface area contributed by atoms with E-state index in [2.05, 4.69) is 25.9 Å². The van der Waals surface area contributed by atoms with Gasteiger partial charge in [0.25, 0.3) is 0 Å². The summed E-state index contributed by atoms with van der Waals surface area (Å²) in [5.41, 5.74) is -0.550. The Kier molecular flexibility index (Phi) is 5.78. The Bertz CT molecular complexity index is 722. The molecule has 1 amide bonds. The van der Waals surface area contributed by atoms with Crippen LogP contribution in [0.1, 0.15) is 37.7 Å². The summed E-state index contributed by atoms with van der Waals surface area (Å²) in [6, 6.07) is 0. The summed E-state index contributed by atoms with van der Waals surface area (Å²) < 4.78 is 21.9. The number of nitrogens with zero attached hydrogens (tertiary/aromatic N) is 6. The number of halogens is 1. The first-order valence-corrected chi connectivity index (χ1v) is 7.64. The predicted molar refractivity (Wildman–Crippen MR) is 84.4 cm³/mol. The molecule has 0 radical (unpaired) electrons. The summed E-state index contributed by atoms with van der Waals surface area (Å²) in [4.78, 5) is 22.1. The van der Waals surface area contributed by atoms with Crippen molar-refractivity contribution in [2.24, 2.45) is 0 Å². The van der Waals surface area contributed by atoms with Gasteiger partial charge >= 0.3 is 5.97 Å². The molecule has 0 saturated heterocycles. The molecule has 0 spiro atoms. The Labute approximate surface area is 143 Å². The fourth-order valence-electron chi connectivity index (χ4n) is 1.91. The molecule has 0 aliphatic heterocycles. The first-order valence-electron chi connectivity index (χ1n) is 7.64. The van der Waals surface area contributed by atoms with Crippen LogP contribution in [0.25, 0.3) is 0 Å². The van der Waals surface area contributed by atoms with Crippen LogP contribution in [0.3, 0.4) is 0 Å². The average Bonchev–Trinajstić information content (AvgIpc) is 3.13. The summed E-state index contributed by atoms with van der Waals surface area (Å²) in [5.74, 6) is -0.325. The van der Waals surface area contributed by atoms with Crippen LogP contribution >= 0.6 is 0 Å². The molecular formula is C14H20FN7O3. The lowest BCUT2D eigenvalue weighted by molar-refractivity contribution is -0.105. The van der Waals surface area contributed by atoms with Gasteiger partial charge in [-0.05, 0) is 20.8 Å². The van der Waals surface area contributed by atoms with E-state index < -0.39 is 17.7 Å². The van der Waals surface area contributed by atoms with Crippen molar-refractivity contribution in [3.05, 3.63) is 18.1 Å². The standard InChI is InChI=1S/C14H20FN7O3/c1-14(2,3)25-13(24)11-7-21(19-17-11)5-4-10(15)6-22-8-12(16-9-23)18-20-22/h7-10H,4-6H2,1-3H3,(H,16,23). The topological polar surface area (TPSA) is 117 Å². The summed E-state index contributed by atoms with van der Waals surface area (Å²) in [7, 11) is 0. The van der Waals surface area contributed by atoms with Crippen LogP contribution in [0.15, 0.2) is 12.4 Å². The number of nitrogens with one attached hydrogen (secondary N) is 1. The molecule has 2 aromatic rings. The molecule has 0 bridgehead atoms. The molecule has 2 rings (SSSR count). The third-order valence-electron chi connectivity index (χ3n) is 2.95. The molecule has 0 aliphatic carbocycles. The number of amides is 1. The van der Waals surface area contributed by atoms with Crippen LogP contribution in [0.2, 0.25) is 0 Å². The maximum atomic E-state index is 14.0. The zero-order valence-corrected chi connectivity index (χ0v) is 14.2. The maximum absolute atomic E-state index is 14.0. The number of anilines is 1. The highest BCUT2D eigenvalue weighted by atomic mass is 19.1. The molecule has 136 valence electrons. The minimum Gasteiger partial charge on any atom is -0.455 e. The van der Waals surface area contributed by atoms with Gasteiger partial charge in [-0.15, -0.1) is 10.2 Å². The van der Waals surface area contributed by atoms with Gasteiger partial charge in [-0.2, -0.15) is 0 Å². The van der Waals surface area contributed by atoms with Gasteiger partial charge in [-0.25, -0.2) is 13.9 Å². The van der Waals surface area contributed by atoms with Crippen molar-refractivity contribution in [1.82, 2.24) is 30.0 Å². The van der Waals surface area contributed by atoms with Crippen LogP contribution in [0, 0.1) is 0 Å². The van der Waals surface area contributed by atoms with E-state index in [9.17, 15) is 14.0 Å². The zero-order chi connectivity index (χ0) is 18.4. The summed E-state index contributed by atoms with van der Waals surface area (Å²) in [6.07, 6.45) is 2.25. The minimum absolute atomic E-state index is 0.0127. The molecule has 0 saturated carbocycles. The smallest absolute Gasteiger partial charge is 0.361 e. The number of hydrogen-bond donors (Lipinski definition) is 1. The van der Waals surface area contributed by atoms with Crippen molar-refractivity contribution in [3.8, 4) is 0 Å². The summed E-state index contributed by atoms with van der Waals surface area (Å²) in [5, 5.41) is 17.2. The van der Waals surface area contributed by atoms with E-state index in [-0.39, 0.29) is 31.0 Å². The highest BCUT2D eigenvalue weighted by Crippen LogP contribution is 2.11. The van der Waals surface area contributed by atoms with Crippen molar-refractivity contribution in [3.63, 3.8) is 0 Å². The second-order valence-electron chi connectivity index (χ2n) is 6.34. The number of ether oxygens (including phenoxy) is 1. The molecule has 0 aliphatic rings. The van der Waals surface area contributed by atoms with Crippen LogP contribution < -0.4 is 5.32 Å². The Morgan fingerprint density at radius 3 is 2.72 bits per heavy atom. The van der Waals surface area contributed by atoms with Crippen molar-refractivity contribution in [2.75, 3.05) is 5.32 Å². The predicted octanol–water partition coefficient (Wildman–Crippen LogP) is 0.822.